The fraction of sp³-hybridized carbons (Fsp3) is 0.478. The molecule has 1 amide bonds. The number of rotatable bonds is 4. The van der Waals surface area contributed by atoms with Gasteiger partial charge in [0.1, 0.15) is 5.60 Å². The lowest BCUT2D eigenvalue weighted by molar-refractivity contribution is -0.122. The summed E-state index contributed by atoms with van der Waals surface area (Å²) < 4.78 is 17.2. The van der Waals surface area contributed by atoms with Gasteiger partial charge in [0.05, 0.1) is 12.5 Å². The van der Waals surface area contributed by atoms with Crippen LogP contribution in [-0.2, 0) is 21.4 Å². The SMILES string of the molecule is COc1ccc2c3c1O[C@H]1C(=O)C=CC(=CC2)[C@@]31CCN(C)C(=O)OC(C)(C)C. The molecule has 0 fully saturated rings. The number of benzene rings is 1. The molecule has 4 rings (SSSR count). The van der Waals surface area contributed by atoms with Gasteiger partial charge in [-0.1, -0.05) is 18.2 Å². The normalized spacial score (nSPS) is 23.8. The van der Waals surface area contributed by atoms with E-state index in [0.29, 0.717) is 24.5 Å². The zero-order valence-corrected chi connectivity index (χ0v) is 17.6. The fourth-order valence-corrected chi connectivity index (χ4v) is 4.54. The molecular formula is C23H27NO5. The molecule has 3 aliphatic rings. The third kappa shape index (κ3) is 3.02. The van der Waals surface area contributed by atoms with Gasteiger partial charge in [0.15, 0.2) is 23.4 Å². The van der Waals surface area contributed by atoms with Crippen molar-refractivity contribution < 1.29 is 23.8 Å². The van der Waals surface area contributed by atoms with E-state index in [0.717, 1.165) is 23.1 Å². The lowest BCUT2D eigenvalue weighted by atomic mass is 9.61. The van der Waals surface area contributed by atoms with E-state index in [9.17, 15) is 9.59 Å². The van der Waals surface area contributed by atoms with Crippen molar-refractivity contribution in [3.8, 4) is 11.5 Å². The topological polar surface area (TPSA) is 65.1 Å². The van der Waals surface area contributed by atoms with E-state index in [-0.39, 0.29) is 11.9 Å². The summed E-state index contributed by atoms with van der Waals surface area (Å²) in [5.41, 5.74) is 2.05. The molecule has 1 aromatic carbocycles. The number of carbonyl (C=O) groups is 2. The molecule has 2 atom stereocenters. The second-order valence-corrected chi connectivity index (χ2v) is 8.85. The predicted octanol–water partition coefficient (Wildman–Crippen LogP) is 3.57. The monoisotopic (exact) mass is 397 g/mol. The van der Waals surface area contributed by atoms with Gasteiger partial charge in [0, 0.05) is 19.2 Å². The maximum Gasteiger partial charge on any atom is 0.410 e. The number of methoxy groups -OCH3 is 1. The Labute approximate surface area is 171 Å². The van der Waals surface area contributed by atoms with Gasteiger partial charge in [-0.3, -0.25) is 4.79 Å². The Kier molecular flexibility index (Phi) is 4.48. The van der Waals surface area contributed by atoms with Crippen LogP contribution in [0.2, 0.25) is 0 Å². The zero-order chi connectivity index (χ0) is 21.0. The minimum Gasteiger partial charge on any atom is -0.493 e. The molecule has 0 aromatic heterocycles. The second kappa shape index (κ2) is 6.65. The molecule has 1 aliphatic heterocycles. The smallest absolute Gasteiger partial charge is 0.410 e. The third-order valence-electron chi connectivity index (χ3n) is 5.85. The minimum absolute atomic E-state index is 0.0619. The molecule has 0 bridgehead atoms. The van der Waals surface area contributed by atoms with Crippen LogP contribution in [0.4, 0.5) is 4.79 Å². The van der Waals surface area contributed by atoms with Crippen molar-refractivity contribution >= 4 is 11.9 Å². The van der Waals surface area contributed by atoms with Gasteiger partial charge in [-0.25, -0.2) is 4.79 Å². The van der Waals surface area contributed by atoms with Gasteiger partial charge >= 0.3 is 6.09 Å². The van der Waals surface area contributed by atoms with Crippen LogP contribution in [0.5, 0.6) is 11.5 Å². The summed E-state index contributed by atoms with van der Waals surface area (Å²) in [4.78, 5) is 26.8. The van der Waals surface area contributed by atoms with Crippen molar-refractivity contribution in [1.82, 2.24) is 4.90 Å². The second-order valence-electron chi connectivity index (χ2n) is 8.85. The zero-order valence-electron chi connectivity index (χ0n) is 17.6. The summed E-state index contributed by atoms with van der Waals surface area (Å²) in [6.07, 6.45) is 5.97. The molecule has 6 nitrogen and oxygen atoms in total. The standard InChI is InChI=1S/C23H27NO5/c1-22(2,3)29-21(26)24(4)13-12-23-15-8-6-14-7-11-17(27-5)19(18(14)23)28-20(23)16(25)10-9-15/h7-11,20H,6,12-13H2,1-5H3/t20-,23-/m0/s1. The molecule has 154 valence electrons. The number of hydrogen-bond donors (Lipinski definition) is 0. The molecule has 0 saturated carbocycles. The highest BCUT2D eigenvalue weighted by Crippen LogP contribution is 2.58. The van der Waals surface area contributed by atoms with Crippen molar-refractivity contribution in [3.05, 3.63) is 47.1 Å². The summed E-state index contributed by atoms with van der Waals surface area (Å²) in [6.45, 7) is 5.97. The van der Waals surface area contributed by atoms with Gasteiger partial charge in [-0.15, -0.1) is 0 Å². The lowest BCUT2D eigenvalue weighted by Gasteiger charge is -2.40. The molecule has 1 heterocycles. The van der Waals surface area contributed by atoms with Crippen LogP contribution in [0, 0.1) is 0 Å². The van der Waals surface area contributed by atoms with E-state index < -0.39 is 17.1 Å². The van der Waals surface area contributed by atoms with Gasteiger partial charge in [-0.05, 0) is 56.9 Å². The number of allylic oxidation sites excluding steroid dienone is 2. The van der Waals surface area contributed by atoms with Gasteiger partial charge in [0.25, 0.3) is 0 Å². The number of nitrogens with zero attached hydrogens (tertiary/aromatic N) is 1. The molecule has 2 aliphatic carbocycles. The third-order valence-corrected chi connectivity index (χ3v) is 5.85. The Morgan fingerprint density at radius 1 is 1.31 bits per heavy atom. The maximum absolute atomic E-state index is 12.8. The van der Waals surface area contributed by atoms with Gasteiger partial charge in [0.2, 0.25) is 0 Å². The van der Waals surface area contributed by atoms with Gasteiger partial charge < -0.3 is 19.1 Å². The van der Waals surface area contributed by atoms with E-state index in [1.165, 1.54) is 0 Å². The molecule has 0 N–H and O–H groups in total. The van der Waals surface area contributed by atoms with Crippen molar-refractivity contribution in [2.24, 2.45) is 0 Å². The van der Waals surface area contributed by atoms with Crippen molar-refractivity contribution in [1.29, 1.82) is 0 Å². The Morgan fingerprint density at radius 3 is 2.76 bits per heavy atom. The fourth-order valence-electron chi connectivity index (χ4n) is 4.54. The first-order valence-electron chi connectivity index (χ1n) is 9.91. The maximum atomic E-state index is 12.8. The Bertz CT molecular complexity index is 939. The average Bonchev–Trinajstić information content (AvgIpc) is 3.02. The quantitative estimate of drug-likeness (QED) is 0.777. The summed E-state index contributed by atoms with van der Waals surface area (Å²) in [5, 5.41) is 0. The van der Waals surface area contributed by atoms with Crippen molar-refractivity contribution in [3.63, 3.8) is 0 Å². The summed E-state index contributed by atoms with van der Waals surface area (Å²) in [6, 6.07) is 3.93. The highest BCUT2D eigenvalue weighted by molar-refractivity contribution is 6.00. The largest absolute Gasteiger partial charge is 0.493 e. The number of amides is 1. The van der Waals surface area contributed by atoms with Crippen LogP contribution in [0.3, 0.4) is 0 Å². The van der Waals surface area contributed by atoms with E-state index in [4.69, 9.17) is 14.2 Å². The molecule has 1 aromatic rings. The van der Waals surface area contributed by atoms with Gasteiger partial charge in [-0.2, -0.15) is 0 Å². The van der Waals surface area contributed by atoms with E-state index in [1.54, 1.807) is 25.1 Å². The Morgan fingerprint density at radius 2 is 2.07 bits per heavy atom. The van der Waals surface area contributed by atoms with Crippen LogP contribution in [0.15, 0.2) is 35.9 Å². The first kappa shape index (κ1) is 19.6. The number of carbonyl (C=O) groups excluding carboxylic acids is 2. The van der Waals surface area contributed by atoms with E-state index >= 15 is 0 Å². The first-order chi connectivity index (χ1) is 13.7. The molecule has 0 unspecified atom stereocenters. The lowest BCUT2D eigenvalue weighted by Crippen LogP contribution is -2.50. The average molecular weight is 397 g/mol. The van der Waals surface area contributed by atoms with Crippen LogP contribution in [0.1, 0.15) is 38.3 Å². The predicted molar refractivity (Wildman–Crippen MR) is 109 cm³/mol. The summed E-state index contributed by atoms with van der Waals surface area (Å²) >= 11 is 0. The highest BCUT2D eigenvalue weighted by Gasteiger charge is 2.57. The first-order valence-corrected chi connectivity index (χ1v) is 9.91. The minimum atomic E-state index is -0.642. The van der Waals surface area contributed by atoms with Crippen LogP contribution < -0.4 is 9.47 Å². The van der Waals surface area contributed by atoms with E-state index in [1.807, 2.05) is 39.0 Å². The highest BCUT2D eigenvalue weighted by atomic mass is 16.6. The van der Waals surface area contributed by atoms with E-state index in [2.05, 4.69) is 6.08 Å². The summed E-state index contributed by atoms with van der Waals surface area (Å²) in [7, 11) is 3.32. The Hall–Kier alpha value is -2.76. The van der Waals surface area contributed by atoms with Crippen LogP contribution >= 0.6 is 0 Å². The van der Waals surface area contributed by atoms with Crippen LogP contribution in [-0.4, -0.2) is 49.2 Å². The molecule has 0 radical (unpaired) electrons. The number of ether oxygens (including phenoxy) is 3. The Balaban J connectivity index is 1.72. The van der Waals surface area contributed by atoms with Crippen molar-refractivity contribution in [2.45, 2.75) is 50.7 Å². The van der Waals surface area contributed by atoms with Crippen molar-refractivity contribution in [2.75, 3.05) is 20.7 Å². The molecule has 0 spiro atoms. The number of hydrogen-bond acceptors (Lipinski definition) is 5. The molecule has 6 heteroatoms. The molecule has 29 heavy (non-hydrogen) atoms. The molecular weight excluding hydrogens is 370 g/mol. The number of ketones is 1. The summed E-state index contributed by atoms with van der Waals surface area (Å²) in [5.74, 6) is 1.22. The molecule has 0 saturated heterocycles. The van der Waals surface area contributed by atoms with Crippen LogP contribution in [0.25, 0.3) is 0 Å².